The van der Waals surface area contributed by atoms with Gasteiger partial charge in [-0.2, -0.15) is 0 Å². The number of ketones is 1. The van der Waals surface area contributed by atoms with Gasteiger partial charge in [-0.05, 0) is 63.1 Å². The normalized spacial score (nSPS) is 17.0. The summed E-state index contributed by atoms with van der Waals surface area (Å²) in [5.74, 6) is -3.74. The van der Waals surface area contributed by atoms with Crippen LogP contribution < -0.4 is 16.0 Å². The van der Waals surface area contributed by atoms with Crippen LogP contribution in [0.15, 0.2) is 47.0 Å². The minimum atomic E-state index is -0.923. The van der Waals surface area contributed by atoms with E-state index in [1.807, 2.05) is 0 Å². The summed E-state index contributed by atoms with van der Waals surface area (Å²) in [6.45, 7) is 7.62. The number of aryl methyl sites for hydroxylation is 1. The van der Waals surface area contributed by atoms with Crippen LogP contribution in [0.2, 0.25) is 0 Å². The first-order valence-corrected chi connectivity index (χ1v) is 14.9. The van der Waals surface area contributed by atoms with Gasteiger partial charge in [0.05, 0.1) is 12.6 Å². The molecular formula is C32H41FN4O7. The standard InChI is InChI=1S/C32H41FN4O7/c1-5-43-28(39)13-12-25(17-22-7-6-14-34-30(22)40)35-31(41)23(16-21-8-10-24(33)11-9-21)18-27(38)29(19(2)3)36-32(42)26-15-20(4)44-37-26/h8-13,15,19,22-23,25,29H,5-7,14,16-18H2,1-4H3,(H,34,40)(H,35,41)(H,36,42)/b13-12+/t22-,23+,25+,29-/m0/s1. The Bertz CT molecular complexity index is 1340. The molecule has 1 aliphatic heterocycles. The van der Waals surface area contributed by atoms with Crippen LogP contribution in [-0.4, -0.2) is 59.9 Å². The number of Topliss-reactive ketones (excluding diaryl/α,β-unsaturated/α-hetero) is 1. The maximum Gasteiger partial charge on any atom is 0.330 e. The molecule has 2 heterocycles. The summed E-state index contributed by atoms with van der Waals surface area (Å²) in [6.07, 6.45) is 4.24. The first kappa shape index (κ1) is 34.1. The first-order valence-electron chi connectivity index (χ1n) is 14.9. The number of carbonyl (C=O) groups is 5. The Labute approximate surface area is 256 Å². The number of aromatic nitrogens is 1. The average Bonchev–Trinajstić information content (AvgIpc) is 3.42. The van der Waals surface area contributed by atoms with Crippen molar-refractivity contribution in [2.24, 2.45) is 17.8 Å². The first-order chi connectivity index (χ1) is 21.0. The molecule has 4 atom stereocenters. The molecule has 44 heavy (non-hydrogen) atoms. The number of amides is 3. The Kier molecular flexibility index (Phi) is 12.8. The number of piperidine rings is 1. The Balaban J connectivity index is 1.83. The number of esters is 1. The van der Waals surface area contributed by atoms with Gasteiger partial charge in [0, 0.05) is 43.0 Å². The maximum absolute atomic E-state index is 13.8. The Hall–Kier alpha value is -4.35. The molecule has 238 valence electrons. The van der Waals surface area contributed by atoms with Crippen molar-refractivity contribution >= 4 is 29.5 Å². The summed E-state index contributed by atoms with van der Waals surface area (Å²) in [7, 11) is 0. The lowest BCUT2D eigenvalue weighted by Crippen LogP contribution is -2.47. The molecule has 1 aromatic heterocycles. The van der Waals surface area contributed by atoms with E-state index in [-0.39, 0.29) is 55.1 Å². The van der Waals surface area contributed by atoms with E-state index in [1.54, 1.807) is 39.8 Å². The number of hydrogen-bond acceptors (Lipinski definition) is 8. The molecule has 3 amide bonds. The number of rotatable bonds is 15. The third-order valence-corrected chi connectivity index (χ3v) is 7.39. The van der Waals surface area contributed by atoms with E-state index in [9.17, 15) is 28.4 Å². The summed E-state index contributed by atoms with van der Waals surface area (Å²) in [5, 5.41) is 12.1. The monoisotopic (exact) mass is 612 g/mol. The number of ether oxygens (including phenoxy) is 1. The van der Waals surface area contributed by atoms with Gasteiger partial charge in [-0.15, -0.1) is 0 Å². The van der Waals surface area contributed by atoms with Crippen molar-refractivity contribution in [1.82, 2.24) is 21.1 Å². The summed E-state index contributed by atoms with van der Waals surface area (Å²) in [5.41, 5.74) is 0.664. The van der Waals surface area contributed by atoms with E-state index < -0.39 is 41.6 Å². The van der Waals surface area contributed by atoms with Gasteiger partial charge in [-0.1, -0.05) is 37.2 Å². The molecule has 0 unspecified atom stereocenters. The molecule has 1 aromatic carbocycles. The number of nitrogens with zero attached hydrogens (tertiary/aromatic N) is 1. The van der Waals surface area contributed by atoms with E-state index in [2.05, 4.69) is 21.1 Å². The average molecular weight is 613 g/mol. The fourth-order valence-electron chi connectivity index (χ4n) is 5.08. The molecule has 3 N–H and O–H groups in total. The van der Waals surface area contributed by atoms with Crippen molar-refractivity contribution in [3.8, 4) is 0 Å². The molecule has 1 fully saturated rings. The van der Waals surface area contributed by atoms with Crippen molar-refractivity contribution < 1.29 is 37.6 Å². The van der Waals surface area contributed by atoms with Gasteiger partial charge in [-0.3, -0.25) is 19.2 Å². The van der Waals surface area contributed by atoms with Gasteiger partial charge in [0.25, 0.3) is 5.91 Å². The molecule has 0 radical (unpaired) electrons. The minimum Gasteiger partial charge on any atom is -0.463 e. The van der Waals surface area contributed by atoms with Crippen LogP contribution in [-0.2, 0) is 30.3 Å². The van der Waals surface area contributed by atoms with Gasteiger partial charge in [0.15, 0.2) is 11.5 Å². The number of hydrogen-bond donors (Lipinski definition) is 3. The minimum absolute atomic E-state index is 0.0320. The highest BCUT2D eigenvalue weighted by molar-refractivity contribution is 5.97. The molecule has 0 bridgehead atoms. The summed E-state index contributed by atoms with van der Waals surface area (Å²) < 4.78 is 23.6. The lowest BCUT2D eigenvalue weighted by molar-refractivity contribution is -0.137. The van der Waals surface area contributed by atoms with Crippen LogP contribution in [0.4, 0.5) is 4.39 Å². The van der Waals surface area contributed by atoms with E-state index in [1.165, 1.54) is 30.4 Å². The number of nitrogens with one attached hydrogen (secondary N) is 3. The van der Waals surface area contributed by atoms with Crippen LogP contribution in [0, 0.1) is 30.5 Å². The Morgan fingerprint density at radius 1 is 1.18 bits per heavy atom. The van der Waals surface area contributed by atoms with E-state index in [4.69, 9.17) is 9.26 Å². The second-order valence-corrected chi connectivity index (χ2v) is 11.3. The van der Waals surface area contributed by atoms with Crippen LogP contribution in [0.1, 0.15) is 68.3 Å². The molecule has 1 saturated heterocycles. The highest BCUT2D eigenvalue weighted by atomic mass is 19.1. The zero-order valence-corrected chi connectivity index (χ0v) is 25.6. The molecular weight excluding hydrogens is 571 g/mol. The third-order valence-electron chi connectivity index (χ3n) is 7.39. The Morgan fingerprint density at radius 3 is 2.52 bits per heavy atom. The largest absolute Gasteiger partial charge is 0.463 e. The maximum atomic E-state index is 13.8. The van der Waals surface area contributed by atoms with Crippen molar-refractivity contribution in [1.29, 1.82) is 0 Å². The van der Waals surface area contributed by atoms with Gasteiger partial charge < -0.3 is 25.2 Å². The number of carbonyl (C=O) groups excluding carboxylic acids is 5. The van der Waals surface area contributed by atoms with Crippen molar-refractivity contribution in [3.63, 3.8) is 0 Å². The van der Waals surface area contributed by atoms with Gasteiger partial charge in [-0.25, -0.2) is 9.18 Å². The van der Waals surface area contributed by atoms with E-state index in [0.29, 0.717) is 24.3 Å². The topological polar surface area (TPSA) is 157 Å². The zero-order valence-electron chi connectivity index (χ0n) is 25.6. The fourth-order valence-corrected chi connectivity index (χ4v) is 5.08. The number of halogens is 1. The fraction of sp³-hybridized carbons (Fsp3) is 0.500. The van der Waals surface area contributed by atoms with E-state index in [0.717, 1.165) is 6.42 Å². The SMILES string of the molecule is CCOC(=O)/C=C/[C@H](C[C@@H]1CCCNC1=O)NC(=O)[C@@H](CC(=O)[C@@H](NC(=O)c1cc(C)on1)C(C)C)Cc1ccc(F)cc1. The summed E-state index contributed by atoms with van der Waals surface area (Å²) in [4.78, 5) is 64.7. The molecule has 12 heteroatoms. The second kappa shape index (κ2) is 16.5. The molecule has 3 rings (SSSR count). The van der Waals surface area contributed by atoms with Gasteiger partial charge in [0.1, 0.15) is 11.6 Å². The van der Waals surface area contributed by atoms with Crippen LogP contribution >= 0.6 is 0 Å². The zero-order chi connectivity index (χ0) is 32.2. The quantitative estimate of drug-likeness (QED) is 0.205. The predicted octanol–water partition coefficient (Wildman–Crippen LogP) is 3.22. The summed E-state index contributed by atoms with van der Waals surface area (Å²) >= 11 is 0. The molecule has 0 aliphatic carbocycles. The lowest BCUT2D eigenvalue weighted by Gasteiger charge is -2.27. The highest BCUT2D eigenvalue weighted by Gasteiger charge is 2.32. The molecule has 0 spiro atoms. The smallest absolute Gasteiger partial charge is 0.330 e. The number of benzene rings is 1. The van der Waals surface area contributed by atoms with Crippen molar-refractivity contribution in [3.05, 3.63) is 65.3 Å². The second-order valence-electron chi connectivity index (χ2n) is 11.3. The van der Waals surface area contributed by atoms with Crippen molar-refractivity contribution in [2.45, 2.75) is 71.9 Å². The van der Waals surface area contributed by atoms with Gasteiger partial charge >= 0.3 is 5.97 Å². The molecule has 1 aliphatic rings. The molecule has 0 saturated carbocycles. The molecule has 2 aromatic rings. The predicted molar refractivity (Wildman–Crippen MR) is 159 cm³/mol. The summed E-state index contributed by atoms with van der Waals surface area (Å²) in [6, 6.07) is 5.46. The molecule has 11 nitrogen and oxygen atoms in total. The van der Waals surface area contributed by atoms with Crippen LogP contribution in [0.5, 0.6) is 0 Å². The lowest BCUT2D eigenvalue weighted by atomic mass is 9.87. The van der Waals surface area contributed by atoms with E-state index >= 15 is 0 Å². The third kappa shape index (κ3) is 10.4. The van der Waals surface area contributed by atoms with Gasteiger partial charge in [0.2, 0.25) is 11.8 Å². The Morgan fingerprint density at radius 2 is 1.91 bits per heavy atom. The van der Waals surface area contributed by atoms with Crippen LogP contribution in [0.25, 0.3) is 0 Å². The highest BCUT2D eigenvalue weighted by Crippen LogP contribution is 2.21. The van der Waals surface area contributed by atoms with Crippen molar-refractivity contribution in [2.75, 3.05) is 13.2 Å². The van der Waals surface area contributed by atoms with Crippen LogP contribution in [0.3, 0.4) is 0 Å².